The molecule has 3 aromatic carbocycles. The smallest absolute Gasteiger partial charge is 0.338 e. The van der Waals surface area contributed by atoms with Gasteiger partial charge in [0.1, 0.15) is 12.4 Å². The molecule has 8 nitrogen and oxygen atoms in total. The number of nitrogens with zero attached hydrogens (tertiary/aromatic N) is 2. The molecular formula is C34H32Cl2N2O6S. The standard InChI is InChI=1S/C34H32Cl2N2O6S/c1-6-42-33(40)30-20(4)37-34-38(31(30)22-11-13-27(44-19(2)3)28(16-22)41-5)32(39)29(45-34)15-21-8-7-9-25(14-21)43-18-23-10-12-24(35)17-26(23)36/h7-17,19,31H,6,18H2,1-5H3/b29-15+/t31-/m0/s1. The molecule has 0 radical (unpaired) electrons. The maximum Gasteiger partial charge on any atom is 0.338 e. The molecular weight excluding hydrogens is 635 g/mol. The number of halogens is 2. The number of fused-ring (bicyclic) bond motifs is 1. The van der Waals surface area contributed by atoms with E-state index in [2.05, 4.69) is 4.99 Å². The van der Waals surface area contributed by atoms with Crippen LogP contribution in [0.1, 0.15) is 50.4 Å². The molecule has 4 aromatic rings. The van der Waals surface area contributed by atoms with Gasteiger partial charge in [0.25, 0.3) is 5.56 Å². The van der Waals surface area contributed by atoms with Gasteiger partial charge >= 0.3 is 5.97 Å². The Kier molecular flexibility index (Phi) is 10.0. The number of carbonyl (C=O) groups is 1. The minimum Gasteiger partial charge on any atom is -0.493 e. The summed E-state index contributed by atoms with van der Waals surface area (Å²) >= 11 is 13.6. The maximum absolute atomic E-state index is 14.1. The molecule has 234 valence electrons. The van der Waals surface area contributed by atoms with Crippen LogP contribution in [0, 0.1) is 0 Å². The van der Waals surface area contributed by atoms with E-state index in [4.69, 9.17) is 42.1 Å². The Labute approximate surface area is 274 Å². The lowest BCUT2D eigenvalue weighted by Crippen LogP contribution is -2.40. The van der Waals surface area contributed by atoms with E-state index in [9.17, 15) is 9.59 Å². The zero-order valence-electron chi connectivity index (χ0n) is 25.4. The van der Waals surface area contributed by atoms with E-state index in [1.165, 1.54) is 15.9 Å². The highest BCUT2D eigenvalue weighted by atomic mass is 35.5. The molecule has 2 heterocycles. The van der Waals surface area contributed by atoms with Gasteiger partial charge in [-0.15, -0.1) is 0 Å². The second kappa shape index (κ2) is 13.9. The second-order valence-electron chi connectivity index (χ2n) is 10.5. The number of allylic oxidation sites excluding steroid dienone is 1. The third-order valence-electron chi connectivity index (χ3n) is 6.95. The molecule has 0 amide bonds. The molecule has 0 fully saturated rings. The van der Waals surface area contributed by atoms with Gasteiger partial charge in [0.2, 0.25) is 0 Å². The van der Waals surface area contributed by atoms with Crippen LogP contribution < -0.4 is 29.1 Å². The van der Waals surface area contributed by atoms with Crippen LogP contribution in [0.15, 0.2) is 81.7 Å². The summed E-state index contributed by atoms with van der Waals surface area (Å²) < 4.78 is 24.9. The number of rotatable bonds is 10. The number of benzene rings is 3. The van der Waals surface area contributed by atoms with Crippen molar-refractivity contribution in [2.75, 3.05) is 13.7 Å². The molecule has 1 aliphatic rings. The van der Waals surface area contributed by atoms with Crippen molar-refractivity contribution in [2.45, 2.75) is 46.4 Å². The van der Waals surface area contributed by atoms with Crippen LogP contribution in [0.5, 0.6) is 17.2 Å². The number of ether oxygens (including phenoxy) is 4. The fraction of sp³-hybridized carbons (Fsp3) is 0.265. The van der Waals surface area contributed by atoms with E-state index in [1.54, 1.807) is 51.3 Å². The minimum atomic E-state index is -0.789. The molecule has 0 saturated carbocycles. The predicted octanol–water partition coefficient (Wildman–Crippen LogP) is 6.48. The SMILES string of the molecule is CCOC(=O)C1=C(C)N=c2s/c(=C/c3cccc(OCc4ccc(Cl)cc4Cl)c3)c(=O)n2[C@H]1c1ccc(OC(C)C)c(OC)c1. The Morgan fingerprint density at radius 2 is 1.89 bits per heavy atom. The molecule has 0 N–H and O–H groups in total. The molecule has 0 aliphatic carbocycles. The summed E-state index contributed by atoms with van der Waals surface area (Å²) in [5.41, 5.74) is 2.68. The molecule has 45 heavy (non-hydrogen) atoms. The third-order valence-corrected chi connectivity index (χ3v) is 8.52. The van der Waals surface area contributed by atoms with Crippen LogP contribution in [0.25, 0.3) is 6.08 Å². The van der Waals surface area contributed by atoms with Crippen molar-refractivity contribution in [3.05, 3.63) is 118 Å². The van der Waals surface area contributed by atoms with Gasteiger partial charge in [0, 0.05) is 15.6 Å². The molecule has 1 aromatic heterocycles. The number of hydrogen-bond acceptors (Lipinski definition) is 8. The van der Waals surface area contributed by atoms with E-state index in [0.29, 0.717) is 47.9 Å². The highest BCUT2D eigenvalue weighted by Gasteiger charge is 2.34. The van der Waals surface area contributed by atoms with Crippen LogP contribution >= 0.6 is 34.5 Å². The van der Waals surface area contributed by atoms with Gasteiger partial charge in [-0.1, -0.05) is 58.8 Å². The molecule has 0 unspecified atom stereocenters. The Hall–Kier alpha value is -4.05. The monoisotopic (exact) mass is 666 g/mol. The van der Waals surface area contributed by atoms with Crippen LogP contribution in [0.3, 0.4) is 0 Å². The highest BCUT2D eigenvalue weighted by molar-refractivity contribution is 7.07. The van der Waals surface area contributed by atoms with Gasteiger partial charge in [0.05, 0.1) is 41.7 Å². The predicted molar refractivity (Wildman–Crippen MR) is 176 cm³/mol. The average Bonchev–Trinajstić information content (AvgIpc) is 3.30. The van der Waals surface area contributed by atoms with Crippen molar-refractivity contribution in [2.24, 2.45) is 4.99 Å². The van der Waals surface area contributed by atoms with Gasteiger partial charge in [-0.3, -0.25) is 9.36 Å². The van der Waals surface area contributed by atoms with Crippen molar-refractivity contribution >= 4 is 46.6 Å². The lowest BCUT2D eigenvalue weighted by molar-refractivity contribution is -0.139. The van der Waals surface area contributed by atoms with Gasteiger partial charge in [0.15, 0.2) is 16.3 Å². The summed E-state index contributed by atoms with van der Waals surface area (Å²) in [7, 11) is 1.55. The van der Waals surface area contributed by atoms with Crippen molar-refractivity contribution in [3.8, 4) is 17.2 Å². The fourth-order valence-corrected chi connectivity index (χ4v) is 6.47. The molecule has 0 saturated heterocycles. The van der Waals surface area contributed by atoms with Gasteiger partial charge in [-0.2, -0.15) is 0 Å². The molecule has 1 aliphatic heterocycles. The summed E-state index contributed by atoms with van der Waals surface area (Å²) in [5, 5.41) is 1.07. The van der Waals surface area contributed by atoms with E-state index in [0.717, 1.165) is 11.1 Å². The van der Waals surface area contributed by atoms with E-state index < -0.39 is 12.0 Å². The zero-order valence-corrected chi connectivity index (χ0v) is 27.8. The third kappa shape index (κ3) is 7.11. The molecule has 5 rings (SSSR count). The first-order chi connectivity index (χ1) is 21.6. The van der Waals surface area contributed by atoms with Crippen LogP contribution in [0.2, 0.25) is 10.0 Å². The largest absolute Gasteiger partial charge is 0.493 e. The van der Waals surface area contributed by atoms with Gasteiger partial charge in [-0.05, 0) is 81.3 Å². The number of methoxy groups -OCH3 is 1. The lowest BCUT2D eigenvalue weighted by Gasteiger charge is -2.25. The highest BCUT2D eigenvalue weighted by Crippen LogP contribution is 2.36. The molecule has 0 spiro atoms. The van der Waals surface area contributed by atoms with E-state index in [1.807, 2.05) is 50.2 Å². The number of esters is 1. The first kappa shape index (κ1) is 32.3. The summed E-state index contributed by atoms with van der Waals surface area (Å²) in [5.74, 6) is 1.11. The average molecular weight is 668 g/mol. The van der Waals surface area contributed by atoms with Gasteiger partial charge < -0.3 is 18.9 Å². The van der Waals surface area contributed by atoms with E-state index >= 15 is 0 Å². The molecule has 1 atom stereocenters. The second-order valence-corrected chi connectivity index (χ2v) is 12.3. The van der Waals surface area contributed by atoms with Crippen molar-refractivity contribution in [1.82, 2.24) is 4.57 Å². The van der Waals surface area contributed by atoms with Crippen molar-refractivity contribution in [1.29, 1.82) is 0 Å². The van der Waals surface area contributed by atoms with Crippen molar-refractivity contribution in [3.63, 3.8) is 0 Å². The quantitative estimate of drug-likeness (QED) is 0.180. The van der Waals surface area contributed by atoms with Crippen LogP contribution in [-0.2, 0) is 16.1 Å². The summed E-state index contributed by atoms with van der Waals surface area (Å²) in [4.78, 5) is 32.5. The normalized spacial score (nSPS) is 14.7. The minimum absolute atomic E-state index is 0.0706. The van der Waals surface area contributed by atoms with Crippen LogP contribution in [-0.4, -0.2) is 30.4 Å². The molecule has 0 bridgehead atoms. The maximum atomic E-state index is 14.1. The summed E-state index contributed by atoms with van der Waals surface area (Å²) in [6.45, 7) is 7.76. The Bertz CT molecular complexity index is 1960. The zero-order chi connectivity index (χ0) is 32.2. The lowest BCUT2D eigenvalue weighted by atomic mass is 9.95. The number of aromatic nitrogens is 1. The van der Waals surface area contributed by atoms with Gasteiger partial charge in [-0.25, -0.2) is 9.79 Å². The number of hydrogen-bond donors (Lipinski definition) is 0. The van der Waals surface area contributed by atoms with Crippen molar-refractivity contribution < 1.29 is 23.7 Å². The Morgan fingerprint density at radius 3 is 2.60 bits per heavy atom. The Morgan fingerprint density at radius 1 is 1.09 bits per heavy atom. The Balaban J connectivity index is 1.56. The molecule has 11 heteroatoms. The first-order valence-corrected chi connectivity index (χ1v) is 15.9. The summed E-state index contributed by atoms with van der Waals surface area (Å²) in [6.07, 6.45) is 1.71. The number of carbonyl (C=O) groups excluding carboxylic acids is 1. The summed E-state index contributed by atoms with van der Waals surface area (Å²) in [6, 6.07) is 17.3. The fourth-order valence-electron chi connectivity index (χ4n) is 4.96. The van der Waals surface area contributed by atoms with Crippen LogP contribution in [0.4, 0.5) is 0 Å². The van der Waals surface area contributed by atoms with E-state index in [-0.39, 0.29) is 30.5 Å². The number of thiazole rings is 1. The topological polar surface area (TPSA) is 88.4 Å². The first-order valence-electron chi connectivity index (χ1n) is 14.3.